The monoisotopic (exact) mass is 213 g/mol. The van der Waals surface area contributed by atoms with E-state index < -0.39 is 0 Å². The number of rotatable bonds is 3. The van der Waals surface area contributed by atoms with Crippen LogP contribution in [0.15, 0.2) is 30.9 Å². The number of hydrogen-bond donors (Lipinski definition) is 2. The van der Waals surface area contributed by atoms with Crippen molar-refractivity contribution in [3.8, 4) is 5.75 Å². The molecule has 0 saturated heterocycles. The van der Waals surface area contributed by atoms with Crippen LogP contribution in [0.1, 0.15) is 23.6 Å². The van der Waals surface area contributed by atoms with E-state index in [1.165, 1.54) is 0 Å². The molecule has 14 heavy (non-hydrogen) atoms. The van der Waals surface area contributed by atoms with Crippen LogP contribution in [0, 0.1) is 6.92 Å². The second kappa shape index (κ2) is 5.68. The van der Waals surface area contributed by atoms with E-state index in [2.05, 4.69) is 6.58 Å². The third kappa shape index (κ3) is 3.05. The fraction of sp³-hybridized carbons (Fsp3) is 0.273. The Hall–Kier alpha value is -0.990. The Balaban J connectivity index is 0.00000169. The second-order valence-electron chi connectivity index (χ2n) is 3.19. The lowest BCUT2D eigenvalue weighted by Crippen LogP contribution is -2.09. The molecule has 0 heterocycles. The van der Waals surface area contributed by atoms with Gasteiger partial charge in [-0.2, -0.15) is 0 Å². The fourth-order valence-electron chi connectivity index (χ4n) is 1.27. The SMILES string of the molecule is C=CC[C@H](N)c1ccc(C)cc1O.Cl. The average Bonchev–Trinajstić information content (AvgIpc) is 2.04. The molecule has 0 saturated carbocycles. The smallest absolute Gasteiger partial charge is 0.120 e. The first kappa shape index (κ1) is 13.0. The molecule has 1 aromatic carbocycles. The van der Waals surface area contributed by atoms with Gasteiger partial charge in [-0.25, -0.2) is 0 Å². The van der Waals surface area contributed by atoms with Crippen LogP contribution >= 0.6 is 12.4 Å². The third-order valence-corrected chi connectivity index (χ3v) is 2.01. The van der Waals surface area contributed by atoms with Crippen LogP contribution in [-0.4, -0.2) is 5.11 Å². The zero-order chi connectivity index (χ0) is 9.84. The minimum Gasteiger partial charge on any atom is -0.508 e. The number of aromatic hydroxyl groups is 1. The number of aryl methyl sites for hydroxylation is 1. The van der Waals surface area contributed by atoms with Gasteiger partial charge < -0.3 is 10.8 Å². The maximum atomic E-state index is 9.57. The Kier molecular flexibility index (Phi) is 5.28. The molecule has 0 spiro atoms. The van der Waals surface area contributed by atoms with E-state index in [-0.39, 0.29) is 24.2 Å². The minimum absolute atomic E-state index is 0. The molecule has 1 aromatic rings. The molecule has 2 nitrogen and oxygen atoms in total. The number of phenolic OH excluding ortho intramolecular Hbond substituents is 1. The summed E-state index contributed by atoms with van der Waals surface area (Å²) >= 11 is 0. The van der Waals surface area contributed by atoms with E-state index in [9.17, 15) is 5.11 Å². The van der Waals surface area contributed by atoms with E-state index >= 15 is 0 Å². The molecule has 0 fully saturated rings. The Morgan fingerprint density at radius 3 is 2.71 bits per heavy atom. The summed E-state index contributed by atoms with van der Waals surface area (Å²) < 4.78 is 0. The van der Waals surface area contributed by atoms with Crippen molar-refractivity contribution in [2.75, 3.05) is 0 Å². The number of halogens is 1. The Morgan fingerprint density at radius 2 is 2.21 bits per heavy atom. The highest BCUT2D eigenvalue weighted by atomic mass is 35.5. The van der Waals surface area contributed by atoms with E-state index in [0.29, 0.717) is 6.42 Å². The summed E-state index contributed by atoms with van der Waals surface area (Å²) in [5.41, 5.74) is 7.64. The lowest BCUT2D eigenvalue weighted by atomic mass is 10.0. The van der Waals surface area contributed by atoms with Gasteiger partial charge in [-0.3, -0.25) is 0 Å². The summed E-state index contributed by atoms with van der Waals surface area (Å²) in [4.78, 5) is 0. The molecule has 78 valence electrons. The van der Waals surface area contributed by atoms with E-state index in [1.807, 2.05) is 19.1 Å². The zero-order valence-corrected chi connectivity index (χ0v) is 9.05. The molecule has 3 heteroatoms. The predicted molar refractivity (Wildman–Crippen MR) is 61.8 cm³/mol. The van der Waals surface area contributed by atoms with Gasteiger partial charge >= 0.3 is 0 Å². The summed E-state index contributed by atoms with van der Waals surface area (Å²) in [6, 6.07) is 5.37. The van der Waals surface area contributed by atoms with Gasteiger partial charge in [-0.1, -0.05) is 18.2 Å². The molecule has 3 N–H and O–H groups in total. The van der Waals surface area contributed by atoms with Gasteiger partial charge in [-0.15, -0.1) is 19.0 Å². The van der Waals surface area contributed by atoms with Crippen LogP contribution in [0.3, 0.4) is 0 Å². The Bertz CT molecular complexity index is 312. The van der Waals surface area contributed by atoms with Crippen LogP contribution < -0.4 is 5.73 Å². The van der Waals surface area contributed by atoms with Crippen LogP contribution in [0.5, 0.6) is 5.75 Å². The number of nitrogens with two attached hydrogens (primary N) is 1. The summed E-state index contributed by atoms with van der Waals surface area (Å²) in [7, 11) is 0. The van der Waals surface area contributed by atoms with Crippen molar-refractivity contribution in [1.82, 2.24) is 0 Å². The van der Waals surface area contributed by atoms with Crippen molar-refractivity contribution in [3.05, 3.63) is 42.0 Å². The molecule has 1 atom stereocenters. The normalized spacial score (nSPS) is 11.6. The average molecular weight is 214 g/mol. The molecule has 0 aliphatic heterocycles. The van der Waals surface area contributed by atoms with Gasteiger partial charge in [0.1, 0.15) is 5.75 Å². The van der Waals surface area contributed by atoms with E-state index in [1.54, 1.807) is 12.1 Å². The maximum Gasteiger partial charge on any atom is 0.120 e. The molecule has 0 unspecified atom stereocenters. The number of phenols is 1. The standard InChI is InChI=1S/C11H15NO.ClH/c1-3-4-10(12)9-6-5-8(2)7-11(9)13;/h3,5-7,10,13H,1,4,12H2,2H3;1H/t10-;/m0./s1. The summed E-state index contributed by atoms with van der Waals surface area (Å²) in [6.07, 6.45) is 2.43. The van der Waals surface area contributed by atoms with Crippen LogP contribution in [0.4, 0.5) is 0 Å². The van der Waals surface area contributed by atoms with Gasteiger partial charge in [0.2, 0.25) is 0 Å². The molecule has 0 aromatic heterocycles. The number of hydrogen-bond acceptors (Lipinski definition) is 2. The van der Waals surface area contributed by atoms with E-state index in [0.717, 1.165) is 11.1 Å². The first-order chi connectivity index (χ1) is 6.15. The van der Waals surface area contributed by atoms with Crippen molar-refractivity contribution >= 4 is 12.4 Å². The van der Waals surface area contributed by atoms with Gasteiger partial charge in [0.15, 0.2) is 0 Å². The van der Waals surface area contributed by atoms with Gasteiger partial charge in [-0.05, 0) is 25.0 Å². The zero-order valence-electron chi connectivity index (χ0n) is 8.23. The van der Waals surface area contributed by atoms with Crippen molar-refractivity contribution in [1.29, 1.82) is 0 Å². The molecule has 0 bridgehead atoms. The first-order valence-electron chi connectivity index (χ1n) is 4.31. The summed E-state index contributed by atoms with van der Waals surface area (Å²) in [5.74, 6) is 0.273. The van der Waals surface area contributed by atoms with Crippen LogP contribution in [-0.2, 0) is 0 Å². The fourth-order valence-corrected chi connectivity index (χ4v) is 1.27. The quantitative estimate of drug-likeness (QED) is 0.759. The molecule has 0 aliphatic carbocycles. The third-order valence-electron chi connectivity index (χ3n) is 2.01. The Morgan fingerprint density at radius 1 is 1.57 bits per heavy atom. The summed E-state index contributed by atoms with van der Waals surface area (Å²) in [5, 5.41) is 9.57. The highest BCUT2D eigenvalue weighted by Crippen LogP contribution is 2.25. The maximum absolute atomic E-state index is 9.57. The molecule has 0 amide bonds. The molecule has 0 radical (unpaired) electrons. The number of benzene rings is 1. The van der Waals surface area contributed by atoms with Crippen molar-refractivity contribution < 1.29 is 5.11 Å². The van der Waals surface area contributed by atoms with E-state index in [4.69, 9.17) is 5.73 Å². The topological polar surface area (TPSA) is 46.2 Å². The van der Waals surface area contributed by atoms with Gasteiger partial charge in [0, 0.05) is 11.6 Å². The van der Waals surface area contributed by atoms with Crippen molar-refractivity contribution in [3.63, 3.8) is 0 Å². The van der Waals surface area contributed by atoms with Crippen molar-refractivity contribution in [2.24, 2.45) is 5.73 Å². The highest BCUT2D eigenvalue weighted by Gasteiger charge is 2.08. The van der Waals surface area contributed by atoms with Gasteiger partial charge in [0.05, 0.1) is 0 Å². The minimum atomic E-state index is -0.155. The second-order valence-corrected chi connectivity index (χ2v) is 3.19. The molecule has 0 aliphatic rings. The predicted octanol–water partition coefficient (Wildman–Crippen LogP) is 2.70. The molecule has 1 rings (SSSR count). The lowest BCUT2D eigenvalue weighted by molar-refractivity contribution is 0.461. The van der Waals surface area contributed by atoms with Crippen LogP contribution in [0.25, 0.3) is 0 Å². The summed E-state index contributed by atoms with van der Waals surface area (Å²) in [6.45, 7) is 5.54. The van der Waals surface area contributed by atoms with Gasteiger partial charge in [0.25, 0.3) is 0 Å². The largest absolute Gasteiger partial charge is 0.508 e. The first-order valence-corrected chi connectivity index (χ1v) is 4.31. The van der Waals surface area contributed by atoms with Crippen LogP contribution in [0.2, 0.25) is 0 Å². The Labute approximate surface area is 90.9 Å². The lowest BCUT2D eigenvalue weighted by Gasteiger charge is -2.11. The van der Waals surface area contributed by atoms with Crippen molar-refractivity contribution in [2.45, 2.75) is 19.4 Å². The molecular formula is C11H16ClNO. The highest BCUT2D eigenvalue weighted by molar-refractivity contribution is 5.85. The molecular weight excluding hydrogens is 198 g/mol.